The molecule has 0 fully saturated rings. The van der Waals surface area contributed by atoms with E-state index in [1.807, 2.05) is 0 Å². The number of benzene rings is 2. The maximum atomic E-state index is 9.47. The van der Waals surface area contributed by atoms with Crippen LogP contribution in [0.1, 0.15) is 11.4 Å². The Balaban J connectivity index is 1.82. The second-order valence-electron chi connectivity index (χ2n) is 4.56. The van der Waals surface area contributed by atoms with Crippen molar-refractivity contribution in [3.8, 4) is 28.7 Å². The van der Waals surface area contributed by atoms with Crippen LogP contribution in [-0.2, 0) is 6.42 Å². The predicted molar refractivity (Wildman–Crippen MR) is 74.0 cm³/mol. The van der Waals surface area contributed by atoms with E-state index < -0.39 is 0 Å². The van der Waals surface area contributed by atoms with E-state index in [0.717, 1.165) is 5.56 Å². The first kappa shape index (κ1) is 13.0. The lowest BCUT2D eigenvalue weighted by atomic mass is 10.1. The van der Waals surface area contributed by atoms with Gasteiger partial charge in [0.2, 0.25) is 0 Å². The topological polar surface area (TPSA) is 99.6 Å². The third kappa shape index (κ3) is 2.79. The summed E-state index contributed by atoms with van der Waals surface area (Å²) >= 11 is 0. The van der Waals surface area contributed by atoms with Gasteiger partial charge in [0.15, 0.2) is 17.3 Å². The Kier molecular flexibility index (Phi) is 3.19. The summed E-state index contributed by atoms with van der Waals surface area (Å²) in [7, 11) is 0. The van der Waals surface area contributed by atoms with E-state index in [-0.39, 0.29) is 23.1 Å². The smallest absolute Gasteiger partial charge is 0.258 e. The fourth-order valence-electron chi connectivity index (χ4n) is 1.90. The standard InChI is InChI=1S/C15H12N2O4/c18-11-4-1-9(2-5-11)7-14-16-15(21-17-14)10-3-6-12(19)13(20)8-10/h1-6,8,18-20H,7H2. The fourth-order valence-corrected chi connectivity index (χ4v) is 1.90. The van der Waals surface area contributed by atoms with Crippen LogP contribution in [0.5, 0.6) is 17.2 Å². The molecule has 0 aliphatic heterocycles. The highest BCUT2D eigenvalue weighted by atomic mass is 16.5. The molecule has 0 unspecified atom stereocenters. The maximum absolute atomic E-state index is 9.47. The van der Waals surface area contributed by atoms with Crippen LogP contribution in [-0.4, -0.2) is 25.5 Å². The average Bonchev–Trinajstić information content (AvgIpc) is 2.93. The molecule has 0 amide bonds. The van der Waals surface area contributed by atoms with E-state index in [1.54, 1.807) is 30.3 Å². The minimum Gasteiger partial charge on any atom is -0.508 e. The summed E-state index contributed by atoms with van der Waals surface area (Å²) < 4.78 is 5.14. The number of aromatic nitrogens is 2. The molecule has 0 radical (unpaired) electrons. The molecule has 21 heavy (non-hydrogen) atoms. The van der Waals surface area contributed by atoms with Crippen LogP contribution in [0.3, 0.4) is 0 Å². The Morgan fingerprint density at radius 2 is 1.67 bits per heavy atom. The van der Waals surface area contributed by atoms with Gasteiger partial charge >= 0.3 is 0 Å². The zero-order valence-electron chi connectivity index (χ0n) is 10.9. The first-order valence-corrected chi connectivity index (χ1v) is 6.24. The number of aromatic hydroxyl groups is 3. The van der Waals surface area contributed by atoms with Crippen molar-refractivity contribution in [2.75, 3.05) is 0 Å². The predicted octanol–water partition coefficient (Wildman–Crippen LogP) is 2.44. The third-order valence-corrected chi connectivity index (χ3v) is 2.99. The molecule has 0 saturated carbocycles. The van der Waals surface area contributed by atoms with E-state index in [1.165, 1.54) is 12.1 Å². The quantitative estimate of drug-likeness (QED) is 0.639. The Morgan fingerprint density at radius 1 is 0.905 bits per heavy atom. The van der Waals surface area contributed by atoms with Crippen molar-refractivity contribution in [2.45, 2.75) is 6.42 Å². The molecule has 106 valence electrons. The second-order valence-corrected chi connectivity index (χ2v) is 4.56. The summed E-state index contributed by atoms with van der Waals surface area (Å²) in [6.45, 7) is 0. The van der Waals surface area contributed by atoms with Gasteiger partial charge in [0.25, 0.3) is 5.89 Å². The lowest BCUT2D eigenvalue weighted by Crippen LogP contribution is -1.90. The number of rotatable bonds is 3. The molecule has 3 aromatic rings. The van der Waals surface area contributed by atoms with Gasteiger partial charge in [-0.05, 0) is 35.9 Å². The lowest BCUT2D eigenvalue weighted by molar-refractivity contribution is 0.402. The zero-order valence-corrected chi connectivity index (χ0v) is 10.9. The van der Waals surface area contributed by atoms with Crippen molar-refractivity contribution in [3.05, 3.63) is 53.9 Å². The van der Waals surface area contributed by atoms with Gasteiger partial charge in [-0.1, -0.05) is 17.3 Å². The summed E-state index contributed by atoms with van der Waals surface area (Å²) in [6.07, 6.45) is 0.466. The summed E-state index contributed by atoms with van der Waals surface area (Å²) in [5, 5.41) is 31.8. The molecule has 0 saturated heterocycles. The lowest BCUT2D eigenvalue weighted by Gasteiger charge is -1.98. The van der Waals surface area contributed by atoms with Crippen LogP contribution in [0.15, 0.2) is 47.0 Å². The van der Waals surface area contributed by atoms with E-state index >= 15 is 0 Å². The van der Waals surface area contributed by atoms with Crippen molar-refractivity contribution >= 4 is 0 Å². The zero-order chi connectivity index (χ0) is 14.8. The number of nitrogens with zero attached hydrogens (tertiary/aromatic N) is 2. The van der Waals surface area contributed by atoms with Crippen molar-refractivity contribution in [1.29, 1.82) is 0 Å². The second kappa shape index (κ2) is 5.16. The van der Waals surface area contributed by atoms with E-state index in [9.17, 15) is 15.3 Å². The molecule has 3 N–H and O–H groups in total. The molecule has 1 heterocycles. The van der Waals surface area contributed by atoms with Gasteiger partial charge < -0.3 is 19.8 Å². The van der Waals surface area contributed by atoms with Crippen molar-refractivity contribution in [3.63, 3.8) is 0 Å². The number of hydrogen-bond acceptors (Lipinski definition) is 6. The van der Waals surface area contributed by atoms with E-state index in [2.05, 4.69) is 10.1 Å². The Labute approximate surface area is 119 Å². The molecule has 1 aromatic heterocycles. The van der Waals surface area contributed by atoms with Gasteiger partial charge in [-0.15, -0.1) is 0 Å². The molecule has 6 heteroatoms. The largest absolute Gasteiger partial charge is 0.508 e. The van der Waals surface area contributed by atoms with Crippen LogP contribution in [0.2, 0.25) is 0 Å². The number of phenols is 3. The SMILES string of the molecule is Oc1ccc(Cc2noc(-c3ccc(O)c(O)c3)n2)cc1. The molecule has 0 aliphatic rings. The highest BCUT2D eigenvalue weighted by molar-refractivity contribution is 5.58. The van der Waals surface area contributed by atoms with Crippen LogP contribution < -0.4 is 0 Å². The molecule has 0 atom stereocenters. The monoisotopic (exact) mass is 284 g/mol. The summed E-state index contributed by atoms with van der Waals surface area (Å²) in [4.78, 5) is 4.24. The summed E-state index contributed by atoms with van der Waals surface area (Å²) in [5.41, 5.74) is 1.46. The third-order valence-electron chi connectivity index (χ3n) is 2.99. The number of phenolic OH excluding ortho intramolecular Hbond substituents is 3. The van der Waals surface area contributed by atoms with Gasteiger partial charge in [0.1, 0.15) is 5.75 Å². The van der Waals surface area contributed by atoms with Crippen molar-refractivity contribution < 1.29 is 19.8 Å². The normalized spacial score (nSPS) is 10.7. The molecular weight excluding hydrogens is 272 g/mol. The van der Waals surface area contributed by atoms with E-state index in [4.69, 9.17) is 4.52 Å². The highest BCUT2D eigenvalue weighted by Gasteiger charge is 2.11. The maximum Gasteiger partial charge on any atom is 0.258 e. The molecular formula is C15H12N2O4. The fraction of sp³-hybridized carbons (Fsp3) is 0.0667. The minimum absolute atomic E-state index is 0.201. The van der Waals surface area contributed by atoms with Gasteiger partial charge in [0.05, 0.1) is 0 Å². The molecule has 3 rings (SSSR count). The first-order valence-electron chi connectivity index (χ1n) is 6.24. The highest BCUT2D eigenvalue weighted by Crippen LogP contribution is 2.29. The Morgan fingerprint density at radius 3 is 2.38 bits per heavy atom. The molecule has 0 aliphatic carbocycles. The van der Waals surface area contributed by atoms with Gasteiger partial charge in [-0.3, -0.25) is 0 Å². The molecule has 2 aromatic carbocycles. The molecule has 6 nitrogen and oxygen atoms in total. The summed E-state index contributed by atoms with van der Waals surface area (Å²) in [6, 6.07) is 11.0. The number of hydrogen-bond donors (Lipinski definition) is 3. The van der Waals surface area contributed by atoms with Crippen molar-refractivity contribution in [1.82, 2.24) is 10.1 Å². The Hall–Kier alpha value is -3.02. The minimum atomic E-state index is -0.245. The first-order chi connectivity index (χ1) is 10.1. The van der Waals surface area contributed by atoms with Gasteiger partial charge in [-0.25, -0.2) is 0 Å². The van der Waals surface area contributed by atoms with E-state index in [0.29, 0.717) is 17.8 Å². The van der Waals surface area contributed by atoms with Crippen LogP contribution in [0.25, 0.3) is 11.5 Å². The molecule has 0 spiro atoms. The van der Waals surface area contributed by atoms with Gasteiger partial charge in [-0.2, -0.15) is 4.98 Å². The molecule has 0 bridgehead atoms. The Bertz CT molecular complexity index is 766. The van der Waals surface area contributed by atoms with Gasteiger partial charge in [0, 0.05) is 12.0 Å². The van der Waals surface area contributed by atoms with Crippen molar-refractivity contribution in [2.24, 2.45) is 0 Å². The van der Waals surface area contributed by atoms with Crippen LogP contribution in [0.4, 0.5) is 0 Å². The van der Waals surface area contributed by atoms with Crippen LogP contribution in [0, 0.1) is 0 Å². The van der Waals surface area contributed by atoms with Crippen LogP contribution >= 0.6 is 0 Å². The average molecular weight is 284 g/mol. The summed E-state index contributed by atoms with van der Waals surface area (Å²) in [5.74, 6) is 0.503.